The molecule has 0 spiro atoms. The van der Waals surface area contributed by atoms with Gasteiger partial charge in [0.25, 0.3) is 0 Å². The number of nitrogens with two attached hydrogens (primary N) is 1. The number of carbonyl (C=O) groups is 1. The molecule has 2 bridgehead atoms. The molecular formula is C12H22N2O. The van der Waals surface area contributed by atoms with Crippen LogP contribution in [-0.4, -0.2) is 18.0 Å². The first-order valence-electron chi connectivity index (χ1n) is 6.19. The quantitative estimate of drug-likeness (QED) is 0.737. The molecule has 0 aliphatic heterocycles. The predicted octanol–water partition coefficient (Wildman–Crippen LogP) is 1.27. The maximum atomic E-state index is 12.0. The van der Waals surface area contributed by atoms with Gasteiger partial charge in [-0.05, 0) is 44.4 Å². The van der Waals surface area contributed by atoms with E-state index in [1.807, 2.05) is 0 Å². The van der Waals surface area contributed by atoms with E-state index in [9.17, 15) is 4.79 Å². The second-order valence-corrected chi connectivity index (χ2v) is 5.25. The van der Waals surface area contributed by atoms with Gasteiger partial charge in [-0.15, -0.1) is 0 Å². The largest absolute Gasteiger partial charge is 0.353 e. The van der Waals surface area contributed by atoms with Crippen molar-refractivity contribution >= 4 is 5.91 Å². The molecule has 2 fully saturated rings. The van der Waals surface area contributed by atoms with Gasteiger partial charge in [0.1, 0.15) is 0 Å². The van der Waals surface area contributed by atoms with E-state index in [4.69, 9.17) is 5.73 Å². The lowest BCUT2D eigenvalue weighted by atomic mass is 9.84. The zero-order valence-corrected chi connectivity index (χ0v) is 9.70. The number of nitrogens with one attached hydrogen (secondary N) is 1. The summed E-state index contributed by atoms with van der Waals surface area (Å²) < 4.78 is 0. The van der Waals surface area contributed by atoms with E-state index in [-0.39, 0.29) is 23.9 Å². The van der Waals surface area contributed by atoms with Crippen molar-refractivity contribution < 1.29 is 4.79 Å². The molecule has 0 saturated heterocycles. The maximum absolute atomic E-state index is 12.0. The topological polar surface area (TPSA) is 55.1 Å². The van der Waals surface area contributed by atoms with Gasteiger partial charge in [0.15, 0.2) is 0 Å². The summed E-state index contributed by atoms with van der Waals surface area (Å²) in [5.74, 6) is 1.47. The smallest absolute Gasteiger partial charge is 0.225 e. The zero-order valence-electron chi connectivity index (χ0n) is 9.70. The number of rotatable bonds is 3. The summed E-state index contributed by atoms with van der Waals surface area (Å²) in [6.07, 6.45) is 4.61. The summed E-state index contributed by atoms with van der Waals surface area (Å²) in [6, 6.07) is 0.400. The first kappa shape index (κ1) is 10.9. The predicted molar refractivity (Wildman–Crippen MR) is 60.2 cm³/mol. The second kappa shape index (κ2) is 4.12. The molecule has 3 heteroatoms. The van der Waals surface area contributed by atoms with Crippen LogP contribution in [-0.2, 0) is 4.79 Å². The highest BCUT2D eigenvalue weighted by Gasteiger charge is 2.49. The highest BCUT2D eigenvalue weighted by Crippen LogP contribution is 2.47. The highest BCUT2D eigenvalue weighted by molar-refractivity contribution is 5.80. The van der Waals surface area contributed by atoms with E-state index in [1.165, 1.54) is 19.3 Å². The SMILES string of the molecule is CCC(C)NC(=O)C1C2CCC(C2)C1N. The third-order valence-corrected chi connectivity index (χ3v) is 4.28. The molecule has 0 heterocycles. The molecule has 2 aliphatic rings. The molecule has 2 saturated carbocycles. The molecule has 5 unspecified atom stereocenters. The van der Waals surface area contributed by atoms with Crippen molar-refractivity contribution in [1.29, 1.82) is 0 Å². The van der Waals surface area contributed by atoms with Crippen LogP contribution in [0, 0.1) is 17.8 Å². The van der Waals surface area contributed by atoms with Gasteiger partial charge in [-0.2, -0.15) is 0 Å². The average molecular weight is 210 g/mol. The lowest BCUT2D eigenvalue weighted by Gasteiger charge is -2.28. The van der Waals surface area contributed by atoms with Gasteiger partial charge in [0.05, 0.1) is 5.92 Å². The molecule has 3 nitrogen and oxygen atoms in total. The highest BCUT2D eigenvalue weighted by atomic mass is 16.2. The van der Waals surface area contributed by atoms with Crippen molar-refractivity contribution in [1.82, 2.24) is 5.32 Å². The third-order valence-electron chi connectivity index (χ3n) is 4.28. The molecule has 1 amide bonds. The van der Waals surface area contributed by atoms with Crippen LogP contribution in [0.5, 0.6) is 0 Å². The van der Waals surface area contributed by atoms with E-state index >= 15 is 0 Å². The Kier molecular flexibility index (Phi) is 3.01. The van der Waals surface area contributed by atoms with Crippen molar-refractivity contribution in [3.8, 4) is 0 Å². The Balaban J connectivity index is 1.96. The molecule has 86 valence electrons. The van der Waals surface area contributed by atoms with Crippen LogP contribution in [0.1, 0.15) is 39.5 Å². The molecule has 3 N–H and O–H groups in total. The van der Waals surface area contributed by atoms with Gasteiger partial charge in [-0.25, -0.2) is 0 Å². The van der Waals surface area contributed by atoms with Gasteiger partial charge in [0.2, 0.25) is 5.91 Å². The molecule has 0 aromatic rings. The first-order valence-corrected chi connectivity index (χ1v) is 6.19. The van der Waals surface area contributed by atoms with Gasteiger partial charge >= 0.3 is 0 Å². The monoisotopic (exact) mass is 210 g/mol. The van der Waals surface area contributed by atoms with Crippen molar-refractivity contribution in [2.75, 3.05) is 0 Å². The molecule has 2 rings (SSSR count). The Hall–Kier alpha value is -0.570. The minimum atomic E-state index is 0.0951. The van der Waals surface area contributed by atoms with Crippen LogP contribution in [0.25, 0.3) is 0 Å². The molecule has 0 radical (unpaired) electrons. The Labute approximate surface area is 91.8 Å². The molecule has 2 aliphatic carbocycles. The molecule has 15 heavy (non-hydrogen) atoms. The molecule has 0 aromatic heterocycles. The molecular weight excluding hydrogens is 188 g/mol. The average Bonchev–Trinajstić information content (AvgIpc) is 2.77. The van der Waals surface area contributed by atoms with E-state index < -0.39 is 0 Å². The van der Waals surface area contributed by atoms with Gasteiger partial charge in [-0.1, -0.05) is 6.92 Å². The first-order chi connectivity index (χ1) is 7.13. The summed E-state index contributed by atoms with van der Waals surface area (Å²) in [4.78, 5) is 12.0. The van der Waals surface area contributed by atoms with E-state index in [0.29, 0.717) is 11.8 Å². The van der Waals surface area contributed by atoms with Crippen molar-refractivity contribution in [3.63, 3.8) is 0 Å². The normalized spacial score (nSPS) is 40.5. The van der Waals surface area contributed by atoms with Gasteiger partial charge < -0.3 is 11.1 Å². The minimum Gasteiger partial charge on any atom is -0.353 e. The van der Waals surface area contributed by atoms with Crippen LogP contribution >= 0.6 is 0 Å². The van der Waals surface area contributed by atoms with Crippen molar-refractivity contribution in [2.45, 2.75) is 51.6 Å². The lowest BCUT2D eigenvalue weighted by Crippen LogP contribution is -2.47. The van der Waals surface area contributed by atoms with E-state index in [1.54, 1.807) is 0 Å². The van der Waals surface area contributed by atoms with Crippen LogP contribution in [0.15, 0.2) is 0 Å². The minimum absolute atomic E-state index is 0.0951. The Morgan fingerprint density at radius 2 is 2.13 bits per heavy atom. The second-order valence-electron chi connectivity index (χ2n) is 5.25. The number of hydrogen-bond acceptors (Lipinski definition) is 2. The Morgan fingerprint density at radius 1 is 1.47 bits per heavy atom. The van der Waals surface area contributed by atoms with E-state index in [0.717, 1.165) is 6.42 Å². The fraction of sp³-hybridized carbons (Fsp3) is 0.917. The van der Waals surface area contributed by atoms with Crippen molar-refractivity contribution in [3.05, 3.63) is 0 Å². The summed E-state index contributed by atoms with van der Waals surface area (Å²) in [7, 11) is 0. The summed E-state index contributed by atoms with van der Waals surface area (Å²) in [5.41, 5.74) is 6.12. The number of carbonyl (C=O) groups excluding carboxylic acids is 1. The summed E-state index contributed by atoms with van der Waals surface area (Å²) in [6.45, 7) is 4.14. The fourth-order valence-corrected chi connectivity index (χ4v) is 3.17. The summed E-state index contributed by atoms with van der Waals surface area (Å²) in [5, 5.41) is 3.07. The maximum Gasteiger partial charge on any atom is 0.225 e. The standard InChI is InChI=1S/C12H22N2O/c1-3-7(2)14-12(15)10-8-4-5-9(6-8)11(10)13/h7-11H,3-6,13H2,1-2H3,(H,14,15). The van der Waals surface area contributed by atoms with Crippen LogP contribution < -0.4 is 11.1 Å². The Bertz CT molecular complexity index is 252. The van der Waals surface area contributed by atoms with E-state index in [2.05, 4.69) is 19.2 Å². The van der Waals surface area contributed by atoms with Gasteiger partial charge in [0, 0.05) is 12.1 Å². The van der Waals surface area contributed by atoms with Crippen LogP contribution in [0.2, 0.25) is 0 Å². The molecule has 5 atom stereocenters. The van der Waals surface area contributed by atoms with Gasteiger partial charge in [-0.3, -0.25) is 4.79 Å². The Morgan fingerprint density at radius 3 is 2.67 bits per heavy atom. The number of amides is 1. The third kappa shape index (κ3) is 1.89. The fourth-order valence-electron chi connectivity index (χ4n) is 3.17. The summed E-state index contributed by atoms with van der Waals surface area (Å²) >= 11 is 0. The number of hydrogen-bond donors (Lipinski definition) is 2. The van der Waals surface area contributed by atoms with Crippen LogP contribution in [0.3, 0.4) is 0 Å². The molecule has 0 aromatic carbocycles. The zero-order chi connectivity index (χ0) is 11.0. The number of fused-ring (bicyclic) bond motifs is 2. The van der Waals surface area contributed by atoms with Crippen molar-refractivity contribution in [2.24, 2.45) is 23.5 Å². The lowest BCUT2D eigenvalue weighted by molar-refractivity contribution is -0.127. The van der Waals surface area contributed by atoms with Crippen LogP contribution in [0.4, 0.5) is 0 Å².